The predicted molar refractivity (Wildman–Crippen MR) is 79.2 cm³/mol. The first-order chi connectivity index (χ1) is 9.05. The molecule has 1 N–H and O–H groups in total. The molecule has 0 amide bonds. The van der Waals surface area contributed by atoms with E-state index in [9.17, 15) is 4.39 Å². The number of halogens is 2. The summed E-state index contributed by atoms with van der Waals surface area (Å²) in [6.45, 7) is 2.37. The number of likely N-dealkylation sites (N-methyl/N-ethyl adjacent to an activating group) is 1. The third-order valence-corrected chi connectivity index (χ3v) is 4.90. The Hall–Kier alpha value is -0.600. The van der Waals surface area contributed by atoms with Gasteiger partial charge in [-0.25, -0.2) is 4.39 Å². The Bertz CT molecular complexity index is 427. The van der Waals surface area contributed by atoms with Gasteiger partial charge in [0.25, 0.3) is 0 Å². The van der Waals surface area contributed by atoms with Gasteiger partial charge in [0, 0.05) is 6.04 Å². The van der Waals surface area contributed by atoms with Crippen LogP contribution in [0, 0.1) is 11.2 Å². The van der Waals surface area contributed by atoms with Crippen molar-refractivity contribution in [1.82, 2.24) is 5.32 Å². The summed E-state index contributed by atoms with van der Waals surface area (Å²) < 4.78 is 13.2. The molecule has 2 rings (SSSR count). The smallest absolute Gasteiger partial charge is 0.141 e. The number of rotatable bonds is 4. The summed E-state index contributed by atoms with van der Waals surface area (Å²) in [5, 5.41) is 3.68. The highest BCUT2D eigenvalue weighted by Crippen LogP contribution is 2.39. The van der Waals surface area contributed by atoms with Crippen LogP contribution in [-0.2, 0) is 6.42 Å². The van der Waals surface area contributed by atoms with Crippen molar-refractivity contribution in [3.63, 3.8) is 0 Å². The van der Waals surface area contributed by atoms with Crippen LogP contribution in [0.3, 0.4) is 0 Å². The molecular weight excluding hydrogens is 261 g/mol. The molecule has 0 aliphatic heterocycles. The molecule has 1 aliphatic carbocycles. The van der Waals surface area contributed by atoms with Crippen LogP contribution in [-0.4, -0.2) is 13.1 Å². The molecule has 0 aromatic heterocycles. The Kier molecular flexibility index (Phi) is 4.86. The molecule has 1 unspecified atom stereocenters. The first-order valence-electron chi connectivity index (χ1n) is 7.16. The van der Waals surface area contributed by atoms with E-state index in [0.29, 0.717) is 11.5 Å². The van der Waals surface area contributed by atoms with Crippen molar-refractivity contribution in [1.29, 1.82) is 0 Å². The van der Waals surface area contributed by atoms with Gasteiger partial charge < -0.3 is 5.32 Å². The van der Waals surface area contributed by atoms with Gasteiger partial charge >= 0.3 is 0 Å². The minimum absolute atomic E-state index is 0.223. The summed E-state index contributed by atoms with van der Waals surface area (Å²) in [7, 11) is 2.02. The zero-order valence-corrected chi connectivity index (χ0v) is 12.6. The van der Waals surface area contributed by atoms with Crippen LogP contribution >= 0.6 is 11.6 Å². The van der Waals surface area contributed by atoms with E-state index in [1.807, 2.05) is 13.1 Å². The fourth-order valence-electron chi connectivity index (χ4n) is 3.31. The average molecular weight is 284 g/mol. The van der Waals surface area contributed by atoms with Crippen molar-refractivity contribution >= 4 is 11.6 Å². The largest absolute Gasteiger partial charge is 0.316 e. The fourth-order valence-corrected chi connectivity index (χ4v) is 3.51. The van der Waals surface area contributed by atoms with Gasteiger partial charge in [0.1, 0.15) is 5.82 Å². The molecule has 1 aromatic carbocycles. The zero-order chi connectivity index (χ0) is 13.9. The molecular formula is C16H23ClFN. The molecule has 1 saturated carbocycles. The van der Waals surface area contributed by atoms with E-state index in [0.717, 1.165) is 12.0 Å². The van der Waals surface area contributed by atoms with E-state index < -0.39 is 0 Å². The Morgan fingerprint density at radius 2 is 2.00 bits per heavy atom. The van der Waals surface area contributed by atoms with Gasteiger partial charge in [-0.15, -0.1) is 0 Å². The molecule has 0 saturated heterocycles. The molecule has 1 aliphatic rings. The van der Waals surface area contributed by atoms with Gasteiger partial charge in [-0.3, -0.25) is 0 Å². The molecule has 0 bridgehead atoms. The lowest BCUT2D eigenvalue weighted by Gasteiger charge is -2.41. The minimum atomic E-state index is -0.338. The maximum atomic E-state index is 13.2. The third-order valence-electron chi connectivity index (χ3n) is 4.61. The normalized spacial score (nSPS) is 20.2. The van der Waals surface area contributed by atoms with Crippen LogP contribution in [0.2, 0.25) is 5.02 Å². The van der Waals surface area contributed by atoms with Gasteiger partial charge in [0.2, 0.25) is 0 Å². The molecule has 0 radical (unpaired) electrons. The molecule has 19 heavy (non-hydrogen) atoms. The Labute approximate surface area is 120 Å². The highest BCUT2D eigenvalue weighted by Gasteiger charge is 2.34. The lowest BCUT2D eigenvalue weighted by atomic mass is 9.69. The second-order valence-corrected chi connectivity index (χ2v) is 6.42. The first kappa shape index (κ1) is 14.8. The summed E-state index contributed by atoms with van der Waals surface area (Å²) in [6.07, 6.45) is 7.44. The van der Waals surface area contributed by atoms with Crippen molar-refractivity contribution < 1.29 is 4.39 Å². The van der Waals surface area contributed by atoms with E-state index in [2.05, 4.69) is 12.2 Å². The molecule has 1 aromatic rings. The van der Waals surface area contributed by atoms with Crippen LogP contribution in [0.15, 0.2) is 18.2 Å². The van der Waals surface area contributed by atoms with E-state index in [1.54, 1.807) is 6.07 Å². The lowest BCUT2D eigenvalue weighted by Crippen LogP contribution is -2.44. The number of nitrogens with one attached hydrogen (secondary N) is 1. The van der Waals surface area contributed by atoms with Crippen molar-refractivity contribution in [3.05, 3.63) is 34.6 Å². The summed E-state index contributed by atoms with van der Waals surface area (Å²) in [4.78, 5) is 0. The molecule has 0 spiro atoms. The maximum Gasteiger partial charge on any atom is 0.141 e. The predicted octanol–water partition coefficient (Wildman–Crippen LogP) is 4.58. The van der Waals surface area contributed by atoms with Gasteiger partial charge in [0.15, 0.2) is 0 Å². The van der Waals surface area contributed by atoms with Gasteiger partial charge in [-0.2, -0.15) is 0 Å². The molecule has 1 atom stereocenters. The van der Waals surface area contributed by atoms with Gasteiger partial charge in [0.05, 0.1) is 5.02 Å². The topological polar surface area (TPSA) is 12.0 Å². The number of hydrogen-bond acceptors (Lipinski definition) is 1. The monoisotopic (exact) mass is 283 g/mol. The van der Waals surface area contributed by atoms with Gasteiger partial charge in [-0.05, 0) is 49.4 Å². The minimum Gasteiger partial charge on any atom is -0.316 e. The van der Waals surface area contributed by atoms with E-state index in [4.69, 9.17) is 11.6 Å². The van der Waals surface area contributed by atoms with E-state index >= 15 is 0 Å². The first-order valence-corrected chi connectivity index (χ1v) is 7.54. The summed E-state index contributed by atoms with van der Waals surface area (Å²) >= 11 is 5.87. The molecule has 1 fully saturated rings. The van der Waals surface area contributed by atoms with Crippen molar-refractivity contribution in [2.75, 3.05) is 7.05 Å². The SMILES string of the molecule is CNC(Cc1ccc(F)c(Cl)c1)C1(C)CCCCC1. The van der Waals surface area contributed by atoms with Gasteiger partial charge in [-0.1, -0.05) is 43.9 Å². The van der Waals surface area contributed by atoms with Crippen molar-refractivity contribution in [2.45, 2.75) is 51.5 Å². The highest BCUT2D eigenvalue weighted by atomic mass is 35.5. The Balaban J connectivity index is 2.11. The lowest BCUT2D eigenvalue weighted by molar-refractivity contribution is 0.149. The molecule has 106 valence electrons. The second kappa shape index (κ2) is 6.23. The zero-order valence-electron chi connectivity index (χ0n) is 11.8. The molecule has 3 heteroatoms. The number of benzene rings is 1. The van der Waals surface area contributed by atoms with Crippen LogP contribution in [0.5, 0.6) is 0 Å². The highest BCUT2D eigenvalue weighted by molar-refractivity contribution is 6.30. The molecule has 1 nitrogen and oxygen atoms in total. The number of hydrogen-bond donors (Lipinski definition) is 1. The van der Waals surface area contributed by atoms with Crippen LogP contribution < -0.4 is 5.32 Å². The Morgan fingerprint density at radius 3 is 2.58 bits per heavy atom. The fraction of sp³-hybridized carbons (Fsp3) is 0.625. The maximum absolute atomic E-state index is 13.2. The summed E-state index contributed by atoms with van der Waals surface area (Å²) in [6, 6.07) is 5.49. The second-order valence-electron chi connectivity index (χ2n) is 6.01. The van der Waals surface area contributed by atoms with Crippen molar-refractivity contribution in [3.8, 4) is 0 Å². The Morgan fingerprint density at radius 1 is 1.32 bits per heavy atom. The van der Waals surface area contributed by atoms with E-state index in [-0.39, 0.29) is 10.8 Å². The van der Waals surface area contributed by atoms with Crippen molar-refractivity contribution in [2.24, 2.45) is 5.41 Å². The molecule has 0 heterocycles. The quantitative estimate of drug-likeness (QED) is 0.853. The average Bonchev–Trinajstić information content (AvgIpc) is 2.40. The third kappa shape index (κ3) is 3.49. The van der Waals surface area contributed by atoms with E-state index in [1.165, 1.54) is 38.2 Å². The van der Waals surface area contributed by atoms with Crippen LogP contribution in [0.4, 0.5) is 4.39 Å². The standard InChI is InChI=1S/C16H23ClFN/c1-16(8-4-3-5-9-16)15(19-2)11-12-6-7-14(18)13(17)10-12/h6-7,10,15,19H,3-5,8-9,11H2,1-2H3. The van der Waals surface area contributed by atoms with Crippen LogP contribution in [0.25, 0.3) is 0 Å². The summed E-state index contributed by atoms with van der Waals surface area (Å²) in [5.74, 6) is -0.338. The van der Waals surface area contributed by atoms with Crippen LogP contribution in [0.1, 0.15) is 44.6 Å². The summed E-state index contributed by atoms with van der Waals surface area (Å²) in [5.41, 5.74) is 1.45.